The van der Waals surface area contributed by atoms with Gasteiger partial charge in [-0.1, -0.05) is 0 Å². The lowest BCUT2D eigenvalue weighted by Gasteiger charge is -2.26. The van der Waals surface area contributed by atoms with Crippen molar-refractivity contribution in [3.8, 4) is 11.5 Å². The van der Waals surface area contributed by atoms with E-state index < -0.39 is 6.09 Å². The molecule has 0 aliphatic carbocycles. The van der Waals surface area contributed by atoms with E-state index in [1.165, 1.54) is 12.6 Å². The molecule has 1 aromatic rings. The second-order valence-corrected chi connectivity index (χ2v) is 5.96. The third kappa shape index (κ3) is 6.80. The molecule has 8 nitrogen and oxygen atoms in total. The van der Waals surface area contributed by atoms with Gasteiger partial charge >= 0.3 is 6.09 Å². The molecule has 1 aliphatic heterocycles. The second-order valence-electron chi connectivity index (χ2n) is 5.96. The summed E-state index contributed by atoms with van der Waals surface area (Å²) < 4.78 is 16.0. The monoisotopic (exact) mass is 377 g/mol. The summed E-state index contributed by atoms with van der Waals surface area (Å²) in [4.78, 5) is 25.3. The maximum Gasteiger partial charge on any atom is 0.427 e. The largest absolute Gasteiger partial charge is 0.490 e. The first-order chi connectivity index (χ1) is 13.1. The molecule has 0 unspecified atom stereocenters. The van der Waals surface area contributed by atoms with Gasteiger partial charge in [0.05, 0.1) is 19.4 Å². The van der Waals surface area contributed by atoms with Gasteiger partial charge in [-0.3, -0.25) is 4.79 Å². The molecule has 8 heteroatoms. The SMILES string of the molecule is CCOC(=O)N/N=C/c1ccc(OCC(=O)N2CCCCC2)c(OCC)c1. The minimum absolute atomic E-state index is 0.0126. The average molecular weight is 377 g/mol. The highest BCUT2D eigenvalue weighted by Gasteiger charge is 2.17. The van der Waals surface area contributed by atoms with Gasteiger partial charge in [-0.25, -0.2) is 10.2 Å². The van der Waals surface area contributed by atoms with Crippen LogP contribution in [0.3, 0.4) is 0 Å². The zero-order valence-electron chi connectivity index (χ0n) is 15.9. The summed E-state index contributed by atoms with van der Waals surface area (Å²) in [5.74, 6) is 1.00. The first-order valence-corrected chi connectivity index (χ1v) is 9.27. The first-order valence-electron chi connectivity index (χ1n) is 9.27. The standard InChI is InChI=1S/C19H27N3O5/c1-3-25-17-12-15(13-20-21-19(24)26-4-2)8-9-16(17)27-14-18(23)22-10-6-5-7-11-22/h8-9,12-13H,3-7,10-11,14H2,1-2H3,(H,21,24)/b20-13+. The van der Waals surface area contributed by atoms with Gasteiger partial charge in [-0.2, -0.15) is 5.10 Å². The van der Waals surface area contributed by atoms with Gasteiger partial charge < -0.3 is 19.1 Å². The molecule has 0 spiro atoms. The molecule has 1 fully saturated rings. The maximum atomic E-state index is 12.3. The van der Waals surface area contributed by atoms with Crippen LogP contribution in [0.1, 0.15) is 38.7 Å². The normalized spacial score (nSPS) is 14.1. The lowest BCUT2D eigenvalue weighted by atomic mass is 10.1. The lowest BCUT2D eigenvalue weighted by Crippen LogP contribution is -2.38. The molecule has 0 saturated carbocycles. The van der Waals surface area contributed by atoms with E-state index in [9.17, 15) is 9.59 Å². The molecular weight excluding hydrogens is 350 g/mol. The summed E-state index contributed by atoms with van der Waals surface area (Å²) in [5.41, 5.74) is 2.97. The Morgan fingerprint density at radius 2 is 1.89 bits per heavy atom. The number of piperidine rings is 1. The molecule has 1 aliphatic rings. The average Bonchev–Trinajstić information content (AvgIpc) is 2.68. The van der Waals surface area contributed by atoms with E-state index in [1.807, 2.05) is 11.8 Å². The topological polar surface area (TPSA) is 89.5 Å². The second kappa shape index (κ2) is 11.1. The van der Waals surface area contributed by atoms with Crippen LogP contribution in [0.4, 0.5) is 4.79 Å². The fraction of sp³-hybridized carbons (Fsp3) is 0.526. The number of carbonyl (C=O) groups is 2. The number of nitrogens with zero attached hydrogens (tertiary/aromatic N) is 2. The third-order valence-corrected chi connectivity index (χ3v) is 3.97. The van der Waals surface area contributed by atoms with E-state index in [4.69, 9.17) is 14.2 Å². The summed E-state index contributed by atoms with van der Waals surface area (Å²) in [6.07, 6.45) is 4.12. The number of nitrogens with one attached hydrogen (secondary N) is 1. The summed E-state index contributed by atoms with van der Waals surface area (Å²) in [7, 11) is 0. The van der Waals surface area contributed by atoms with Crippen LogP contribution in [0.5, 0.6) is 11.5 Å². The fourth-order valence-electron chi connectivity index (χ4n) is 2.69. The van der Waals surface area contributed by atoms with Crippen molar-refractivity contribution in [1.82, 2.24) is 10.3 Å². The van der Waals surface area contributed by atoms with E-state index in [-0.39, 0.29) is 19.1 Å². The van der Waals surface area contributed by atoms with Crippen molar-refractivity contribution >= 4 is 18.2 Å². The van der Waals surface area contributed by atoms with Gasteiger partial charge in [-0.15, -0.1) is 0 Å². The molecule has 0 atom stereocenters. The Hall–Kier alpha value is -2.77. The van der Waals surface area contributed by atoms with Gasteiger partial charge in [0.15, 0.2) is 18.1 Å². The van der Waals surface area contributed by atoms with Crippen LogP contribution in [0.25, 0.3) is 0 Å². The molecule has 1 N–H and O–H groups in total. The van der Waals surface area contributed by atoms with Crippen LogP contribution in [0.15, 0.2) is 23.3 Å². The number of hydrogen-bond donors (Lipinski definition) is 1. The summed E-state index contributed by atoms with van der Waals surface area (Å²) in [6.45, 7) is 5.89. The van der Waals surface area contributed by atoms with Gasteiger partial charge in [0, 0.05) is 13.1 Å². The van der Waals surface area contributed by atoms with Crippen LogP contribution < -0.4 is 14.9 Å². The Morgan fingerprint density at radius 3 is 2.59 bits per heavy atom. The highest BCUT2D eigenvalue weighted by atomic mass is 16.5. The van der Waals surface area contributed by atoms with E-state index in [2.05, 4.69) is 10.5 Å². The van der Waals surface area contributed by atoms with Crippen molar-refractivity contribution in [2.45, 2.75) is 33.1 Å². The highest BCUT2D eigenvalue weighted by molar-refractivity contribution is 5.82. The van der Waals surface area contributed by atoms with E-state index in [0.29, 0.717) is 23.7 Å². The molecule has 148 valence electrons. The first kappa shape index (κ1) is 20.5. The molecule has 2 rings (SSSR count). The van der Waals surface area contributed by atoms with Crippen LogP contribution in [-0.2, 0) is 9.53 Å². The van der Waals surface area contributed by atoms with Crippen molar-refractivity contribution in [2.24, 2.45) is 5.10 Å². The smallest absolute Gasteiger partial charge is 0.427 e. The van der Waals surface area contributed by atoms with Crippen molar-refractivity contribution < 1.29 is 23.8 Å². The van der Waals surface area contributed by atoms with Crippen molar-refractivity contribution in [2.75, 3.05) is 32.9 Å². The Bertz CT molecular complexity index is 657. The number of hydrazone groups is 1. The van der Waals surface area contributed by atoms with Crippen molar-refractivity contribution in [1.29, 1.82) is 0 Å². The molecule has 1 aromatic carbocycles. The number of carbonyl (C=O) groups excluding carboxylic acids is 2. The molecule has 1 saturated heterocycles. The predicted molar refractivity (Wildman–Crippen MR) is 101 cm³/mol. The summed E-state index contributed by atoms with van der Waals surface area (Å²) >= 11 is 0. The highest BCUT2D eigenvalue weighted by Crippen LogP contribution is 2.28. The van der Waals surface area contributed by atoms with Gasteiger partial charge in [-0.05, 0) is 56.9 Å². The molecule has 0 radical (unpaired) electrons. The lowest BCUT2D eigenvalue weighted by molar-refractivity contribution is -0.134. The Labute approximate surface area is 159 Å². The molecule has 1 heterocycles. The number of rotatable bonds is 8. The fourth-order valence-corrected chi connectivity index (χ4v) is 2.69. The number of ether oxygens (including phenoxy) is 3. The Kier molecular flexibility index (Phi) is 8.41. The van der Waals surface area contributed by atoms with E-state index in [1.54, 1.807) is 25.1 Å². The van der Waals surface area contributed by atoms with Crippen molar-refractivity contribution in [3.63, 3.8) is 0 Å². The maximum absolute atomic E-state index is 12.3. The minimum atomic E-state index is -0.616. The summed E-state index contributed by atoms with van der Waals surface area (Å²) in [6, 6.07) is 5.22. The number of amides is 2. The van der Waals surface area contributed by atoms with Crippen LogP contribution in [-0.4, -0.2) is 56.0 Å². The zero-order valence-corrected chi connectivity index (χ0v) is 15.9. The predicted octanol–water partition coefficient (Wildman–Crippen LogP) is 2.56. The quantitative estimate of drug-likeness (QED) is 0.555. The van der Waals surface area contributed by atoms with Gasteiger partial charge in [0.2, 0.25) is 0 Å². The van der Waals surface area contributed by atoms with E-state index >= 15 is 0 Å². The molecule has 2 amide bonds. The van der Waals surface area contributed by atoms with Crippen LogP contribution in [0.2, 0.25) is 0 Å². The zero-order chi connectivity index (χ0) is 19.5. The van der Waals surface area contributed by atoms with Crippen LogP contribution in [0, 0.1) is 0 Å². The molecule has 0 bridgehead atoms. The minimum Gasteiger partial charge on any atom is -0.490 e. The summed E-state index contributed by atoms with van der Waals surface area (Å²) in [5, 5.41) is 3.82. The van der Waals surface area contributed by atoms with Gasteiger partial charge in [0.1, 0.15) is 0 Å². The van der Waals surface area contributed by atoms with Crippen molar-refractivity contribution in [3.05, 3.63) is 23.8 Å². The number of hydrogen-bond acceptors (Lipinski definition) is 6. The Balaban J connectivity index is 1.96. The van der Waals surface area contributed by atoms with E-state index in [0.717, 1.165) is 25.9 Å². The third-order valence-electron chi connectivity index (χ3n) is 3.97. The molecule has 27 heavy (non-hydrogen) atoms. The number of benzene rings is 1. The van der Waals surface area contributed by atoms with Gasteiger partial charge in [0.25, 0.3) is 5.91 Å². The van der Waals surface area contributed by atoms with Crippen LogP contribution >= 0.6 is 0 Å². The number of likely N-dealkylation sites (tertiary alicyclic amines) is 1. The molecular formula is C19H27N3O5. The Morgan fingerprint density at radius 1 is 1.11 bits per heavy atom. The molecule has 0 aromatic heterocycles.